The highest BCUT2D eigenvalue weighted by Crippen LogP contribution is 2.31. The van der Waals surface area contributed by atoms with E-state index in [1.54, 1.807) is 0 Å². The van der Waals surface area contributed by atoms with E-state index in [0.29, 0.717) is 6.61 Å². The van der Waals surface area contributed by atoms with Gasteiger partial charge in [-0.3, -0.25) is 0 Å². The highest BCUT2D eigenvalue weighted by Gasteiger charge is 2.30. The van der Waals surface area contributed by atoms with Gasteiger partial charge < -0.3 is 0 Å². The predicted molar refractivity (Wildman–Crippen MR) is 87.9 cm³/mol. The Hall–Kier alpha value is -0.0800. The van der Waals surface area contributed by atoms with Crippen molar-refractivity contribution < 1.29 is 9.78 Å². The lowest BCUT2D eigenvalue weighted by Gasteiger charge is -2.32. The Morgan fingerprint density at radius 2 is 1.20 bits per heavy atom. The van der Waals surface area contributed by atoms with Gasteiger partial charge in [-0.25, -0.2) is 9.78 Å². The van der Waals surface area contributed by atoms with Crippen LogP contribution in [-0.4, -0.2) is 12.2 Å². The van der Waals surface area contributed by atoms with Gasteiger partial charge in [-0.2, -0.15) is 0 Å². The average molecular weight is 286 g/mol. The minimum atomic E-state index is -0.0244. The van der Waals surface area contributed by atoms with Gasteiger partial charge in [0.1, 0.15) is 5.60 Å². The van der Waals surface area contributed by atoms with Gasteiger partial charge in [0.05, 0.1) is 6.61 Å². The molecule has 0 N–H and O–H groups in total. The third-order valence-corrected chi connectivity index (χ3v) is 3.92. The molecule has 122 valence electrons. The summed E-state index contributed by atoms with van der Waals surface area (Å²) in [6, 6.07) is 0. The molecular weight excluding hydrogens is 248 g/mol. The lowest BCUT2D eigenvalue weighted by Crippen LogP contribution is -2.33. The second-order valence-electron chi connectivity index (χ2n) is 6.11. The minimum absolute atomic E-state index is 0.0244. The van der Waals surface area contributed by atoms with E-state index < -0.39 is 0 Å². The summed E-state index contributed by atoms with van der Waals surface area (Å²) in [7, 11) is 0. The summed E-state index contributed by atoms with van der Waals surface area (Å²) in [6.07, 6.45) is 14.8. The minimum Gasteiger partial charge on any atom is -0.236 e. The SMILES string of the molecule is CCCCCCCCC(CCC)(CCC)OOCCC. The molecule has 0 aliphatic carbocycles. The van der Waals surface area contributed by atoms with Crippen LogP contribution in [0.2, 0.25) is 0 Å². The molecule has 2 heteroatoms. The van der Waals surface area contributed by atoms with E-state index in [-0.39, 0.29) is 5.60 Å². The number of hydrogen-bond donors (Lipinski definition) is 0. The standard InChI is InChI=1S/C18H38O2/c1-5-9-10-11-12-13-16-18(14-6-2,15-7-3)20-19-17-8-4/h5-17H2,1-4H3. The number of unbranched alkanes of at least 4 members (excludes halogenated alkanes) is 5. The van der Waals surface area contributed by atoms with Gasteiger partial charge in [0.15, 0.2) is 0 Å². The summed E-state index contributed by atoms with van der Waals surface area (Å²) >= 11 is 0. The first-order valence-electron chi connectivity index (χ1n) is 9.05. The maximum Gasteiger partial charge on any atom is 0.104 e. The van der Waals surface area contributed by atoms with Crippen LogP contribution in [-0.2, 0) is 9.78 Å². The third-order valence-electron chi connectivity index (χ3n) is 3.92. The van der Waals surface area contributed by atoms with Crippen LogP contribution >= 0.6 is 0 Å². The van der Waals surface area contributed by atoms with Crippen LogP contribution in [0.3, 0.4) is 0 Å². The van der Waals surface area contributed by atoms with E-state index in [0.717, 1.165) is 25.7 Å². The Morgan fingerprint density at radius 1 is 0.600 bits per heavy atom. The van der Waals surface area contributed by atoms with Gasteiger partial charge in [-0.1, -0.05) is 79.1 Å². The topological polar surface area (TPSA) is 18.5 Å². The van der Waals surface area contributed by atoms with E-state index >= 15 is 0 Å². The summed E-state index contributed by atoms with van der Waals surface area (Å²) in [5.74, 6) is 0. The monoisotopic (exact) mass is 286 g/mol. The quantitative estimate of drug-likeness (QED) is 0.196. The molecule has 0 unspecified atom stereocenters. The lowest BCUT2D eigenvalue weighted by atomic mass is 9.87. The van der Waals surface area contributed by atoms with Crippen molar-refractivity contribution in [2.45, 2.75) is 110 Å². The molecule has 2 nitrogen and oxygen atoms in total. The molecule has 0 radical (unpaired) electrons. The van der Waals surface area contributed by atoms with Crippen LogP contribution in [0.15, 0.2) is 0 Å². The maximum atomic E-state index is 5.88. The highest BCUT2D eigenvalue weighted by atomic mass is 17.2. The maximum absolute atomic E-state index is 5.88. The van der Waals surface area contributed by atoms with Crippen LogP contribution in [0.25, 0.3) is 0 Å². The molecular formula is C18H38O2. The largest absolute Gasteiger partial charge is 0.236 e. The van der Waals surface area contributed by atoms with Crippen molar-refractivity contribution >= 4 is 0 Å². The summed E-state index contributed by atoms with van der Waals surface area (Å²) in [4.78, 5) is 11.3. The van der Waals surface area contributed by atoms with E-state index in [1.807, 2.05) is 0 Å². The Labute approximate surface area is 127 Å². The first kappa shape index (κ1) is 19.9. The molecule has 0 atom stereocenters. The molecule has 0 heterocycles. The Morgan fingerprint density at radius 3 is 1.75 bits per heavy atom. The molecule has 0 fully saturated rings. The predicted octanol–water partition coefficient (Wildman–Crippen LogP) is 6.43. The zero-order valence-electron chi connectivity index (χ0n) is 14.5. The second-order valence-corrected chi connectivity index (χ2v) is 6.11. The molecule has 0 bridgehead atoms. The second kappa shape index (κ2) is 13.9. The molecule has 0 rings (SSSR count). The van der Waals surface area contributed by atoms with Gasteiger partial charge >= 0.3 is 0 Å². The molecule has 0 aromatic rings. The third kappa shape index (κ3) is 9.77. The molecule has 0 aliphatic rings. The number of hydrogen-bond acceptors (Lipinski definition) is 2. The first-order valence-corrected chi connectivity index (χ1v) is 9.05. The van der Waals surface area contributed by atoms with Crippen molar-refractivity contribution in [3.8, 4) is 0 Å². The van der Waals surface area contributed by atoms with Crippen LogP contribution < -0.4 is 0 Å². The molecule has 0 aromatic carbocycles. The summed E-state index contributed by atoms with van der Waals surface area (Å²) in [5.41, 5.74) is -0.0244. The Balaban J connectivity index is 4.12. The van der Waals surface area contributed by atoms with Gasteiger partial charge in [0, 0.05) is 0 Å². The molecule has 0 amide bonds. The smallest absolute Gasteiger partial charge is 0.104 e. The summed E-state index contributed by atoms with van der Waals surface area (Å²) in [6.45, 7) is 9.60. The van der Waals surface area contributed by atoms with Crippen molar-refractivity contribution in [1.82, 2.24) is 0 Å². The highest BCUT2D eigenvalue weighted by molar-refractivity contribution is 4.79. The van der Waals surface area contributed by atoms with E-state index in [2.05, 4.69) is 27.7 Å². The van der Waals surface area contributed by atoms with E-state index in [9.17, 15) is 0 Å². The van der Waals surface area contributed by atoms with Gasteiger partial charge in [-0.15, -0.1) is 0 Å². The van der Waals surface area contributed by atoms with Crippen LogP contribution in [0.1, 0.15) is 105 Å². The van der Waals surface area contributed by atoms with Crippen molar-refractivity contribution in [3.63, 3.8) is 0 Å². The molecule has 0 aliphatic heterocycles. The van der Waals surface area contributed by atoms with Crippen molar-refractivity contribution in [2.24, 2.45) is 0 Å². The zero-order valence-corrected chi connectivity index (χ0v) is 14.5. The van der Waals surface area contributed by atoms with Gasteiger partial charge in [0.2, 0.25) is 0 Å². The summed E-state index contributed by atoms with van der Waals surface area (Å²) in [5, 5.41) is 0. The fourth-order valence-corrected chi connectivity index (χ4v) is 2.89. The molecule has 0 aromatic heterocycles. The van der Waals surface area contributed by atoms with Gasteiger partial charge in [-0.05, 0) is 25.7 Å². The molecule has 0 spiro atoms. The normalized spacial score (nSPS) is 12.0. The summed E-state index contributed by atoms with van der Waals surface area (Å²) < 4.78 is 0. The number of rotatable bonds is 15. The molecule has 0 saturated heterocycles. The van der Waals surface area contributed by atoms with Crippen LogP contribution in [0.5, 0.6) is 0 Å². The van der Waals surface area contributed by atoms with Crippen molar-refractivity contribution in [1.29, 1.82) is 0 Å². The zero-order chi connectivity index (χ0) is 15.1. The van der Waals surface area contributed by atoms with Crippen LogP contribution in [0, 0.1) is 0 Å². The fraction of sp³-hybridized carbons (Fsp3) is 1.00. The van der Waals surface area contributed by atoms with E-state index in [1.165, 1.54) is 51.4 Å². The Kier molecular flexibility index (Phi) is 13.8. The van der Waals surface area contributed by atoms with Gasteiger partial charge in [0.25, 0.3) is 0 Å². The fourth-order valence-electron chi connectivity index (χ4n) is 2.89. The molecule has 20 heavy (non-hydrogen) atoms. The molecule has 0 saturated carbocycles. The first-order chi connectivity index (χ1) is 9.74. The van der Waals surface area contributed by atoms with Crippen LogP contribution in [0.4, 0.5) is 0 Å². The van der Waals surface area contributed by atoms with E-state index in [4.69, 9.17) is 9.78 Å². The Bertz CT molecular complexity index is 186. The van der Waals surface area contributed by atoms with Crippen molar-refractivity contribution in [3.05, 3.63) is 0 Å². The average Bonchev–Trinajstić information content (AvgIpc) is 2.44. The van der Waals surface area contributed by atoms with Crippen molar-refractivity contribution in [2.75, 3.05) is 6.61 Å². The lowest BCUT2D eigenvalue weighted by molar-refractivity contribution is -0.366.